The van der Waals surface area contributed by atoms with Crippen LogP contribution in [-0.2, 0) is 17.6 Å². The predicted octanol–water partition coefficient (Wildman–Crippen LogP) is 11.7. The summed E-state index contributed by atoms with van der Waals surface area (Å²) in [7, 11) is 3.11. The van der Waals surface area contributed by atoms with Crippen molar-refractivity contribution in [3.63, 3.8) is 0 Å². The van der Waals surface area contributed by atoms with E-state index in [4.69, 9.17) is 37.4 Å². The lowest BCUT2D eigenvalue weighted by Gasteiger charge is -2.21. The van der Waals surface area contributed by atoms with E-state index in [2.05, 4.69) is 34.3 Å². The number of hydrogen-bond donors (Lipinski definition) is 5. The first-order chi connectivity index (χ1) is 35.2. The second-order valence-electron chi connectivity index (χ2n) is 18.3. The van der Waals surface area contributed by atoms with Crippen molar-refractivity contribution in [3.8, 4) is 45.3 Å². The van der Waals surface area contributed by atoms with Gasteiger partial charge in [-0.1, -0.05) is 111 Å². The van der Waals surface area contributed by atoms with E-state index in [-0.39, 0.29) is 35.2 Å². The molecular weight excluding hydrogens is 968 g/mol. The number of H-pyrrole nitrogens is 2. The topological polar surface area (TPSA) is 183 Å². The van der Waals surface area contributed by atoms with Gasteiger partial charge in [-0.3, -0.25) is 14.4 Å². The molecule has 2 saturated heterocycles. The van der Waals surface area contributed by atoms with Crippen LogP contribution in [0.5, 0.6) is 23.0 Å². The Kier molecular flexibility index (Phi) is 20.2. The zero-order chi connectivity index (χ0) is 52.8. The highest BCUT2D eigenvalue weighted by Gasteiger charge is 2.34. The number of carbonyl (C=O) groups excluding carboxylic acids is 2. The minimum absolute atomic E-state index is 0.0774. The molecule has 388 valence electrons. The number of esters is 1. The van der Waals surface area contributed by atoms with Crippen LogP contribution in [0.4, 0.5) is 0 Å². The molecule has 1 amide bonds. The van der Waals surface area contributed by atoms with Crippen molar-refractivity contribution >= 4 is 35.1 Å². The maximum atomic E-state index is 13.6. The van der Waals surface area contributed by atoms with Gasteiger partial charge in [-0.05, 0) is 118 Å². The van der Waals surface area contributed by atoms with Gasteiger partial charge in [-0.25, -0.2) is 4.79 Å². The first-order valence-corrected chi connectivity index (χ1v) is 25.9. The molecule has 15 heteroatoms. The SMILES string of the molecule is CCCCc1[nH]c(=O)c(C(=O)N2CCC(c3ccccc3Cl)C2)c(O)c1-c1c(C)cccc1OC.CCCCc1[nH]c(=O)c(C(=O)OCC)c(O)c1-c1c(C)cccc1OC.Clc1ccccc1C1CCNC1. The minimum Gasteiger partial charge on any atom is -0.506 e. The maximum Gasteiger partial charge on any atom is 0.347 e. The lowest BCUT2D eigenvalue weighted by molar-refractivity contribution is 0.0520. The number of hydrogen-bond acceptors (Lipinski definition) is 10. The van der Waals surface area contributed by atoms with Crippen LogP contribution in [0.2, 0.25) is 10.0 Å². The number of rotatable bonds is 15. The van der Waals surface area contributed by atoms with Crippen LogP contribution >= 0.6 is 23.2 Å². The summed E-state index contributed by atoms with van der Waals surface area (Å²) in [6.07, 6.45) is 6.59. The third kappa shape index (κ3) is 13.0. The lowest BCUT2D eigenvalue weighted by atomic mass is 9.93. The van der Waals surface area contributed by atoms with Gasteiger partial charge in [0.05, 0.1) is 20.8 Å². The maximum absolute atomic E-state index is 13.6. The molecule has 0 spiro atoms. The van der Waals surface area contributed by atoms with Crippen molar-refractivity contribution in [1.29, 1.82) is 0 Å². The summed E-state index contributed by atoms with van der Waals surface area (Å²) in [5.74, 6) is -0.156. The number of methoxy groups -OCH3 is 2. The van der Waals surface area contributed by atoms with E-state index in [9.17, 15) is 29.4 Å². The molecule has 0 radical (unpaired) electrons. The van der Waals surface area contributed by atoms with Crippen molar-refractivity contribution in [3.05, 3.63) is 160 Å². The van der Waals surface area contributed by atoms with Gasteiger partial charge >= 0.3 is 5.97 Å². The molecule has 2 aliphatic heterocycles. The number of nitrogens with one attached hydrogen (secondary N) is 3. The van der Waals surface area contributed by atoms with Gasteiger partial charge in [0.2, 0.25) is 0 Å². The summed E-state index contributed by atoms with van der Waals surface area (Å²) in [5.41, 5.74) is 5.57. The number of aryl methyl sites for hydroxylation is 4. The van der Waals surface area contributed by atoms with Crippen LogP contribution in [0, 0.1) is 13.8 Å². The second-order valence-corrected chi connectivity index (χ2v) is 19.1. The Morgan fingerprint density at radius 3 is 1.62 bits per heavy atom. The molecular formula is C58H68Cl2N4O9. The molecule has 2 aliphatic rings. The molecule has 2 unspecified atom stereocenters. The number of unbranched alkanes of at least 4 members (excludes halogenated alkanes) is 2. The predicted molar refractivity (Wildman–Crippen MR) is 290 cm³/mol. The molecule has 2 fully saturated rings. The second kappa shape index (κ2) is 26.4. The molecule has 13 nitrogen and oxygen atoms in total. The van der Waals surface area contributed by atoms with Crippen LogP contribution in [0.25, 0.3) is 22.3 Å². The van der Waals surface area contributed by atoms with Crippen LogP contribution in [0.1, 0.15) is 125 Å². The minimum atomic E-state index is -0.845. The third-order valence-corrected chi connectivity index (χ3v) is 14.1. The number of carbonyl (C=O) groups is 2. The summed E-state index contributed by atoms with van der Waals surface area (Å²) >= 11 is 12.5. The summed E-state index contributed by atoms with van der Waals surface area (Å²) in [6.45, 7) is 12.8. The molecule has 6 aromatic rings. The lowest BCUT2D eigenvalue weighted by Crippen LogP contribution is -2.33. The van der Waals surface area contributed by atoms with Gasteiger partial charge in [-0.15, -0.1) is 0 Å². The largest absolute Gasteiger partial charge is 0.506 e. The third-order valence-electron chi connectivity index (χ3n) is 13.4. The van der Waals surface area contributed by atoms with Crippen LogP contribution < -0.4 is 25.9 Å². The summed E-state index contributed by atoms with van der Waals surface area (Å²) in [6, 6.07) is 26.9. The zero-order valence-electron chi connectivity index (χ0n) is 42.9. The van der Waals surface area contributed by atoms with Crippen molar-refractivity contribution in [2.24, 2.45) is 0 Å². The highest BCUT2D eigenvalue weighted by molar-refractivity contribution is 6.31. The van der Waals surface area contributed by atoms with Crippen molar-refractivity contribution in [1.82, 2.24) is 20.2 Å². The molecule has 2 aromatic heterocycles. The van der Waals surface area contributed by atoms with Crippen LogP contribution in [0.3, 0.4) is 0 Å². The number of aromatic amines is 2. The van der Waals surface area contributed by atoms with Crippen molar-refractivity contribution < 1.29 is 34.0 Å². The molecule has 5 N–H and O–H groups in total. The van der Waals surface area contributed by atoms with E-state index in [1.54, 1.807) is 32.1 Å². The number of likely N-dealkylation sites (tertiary alicyclic amines) is 1. The summed E-state index contributed by atoms with van der Waals surface area (Å²) in [5, 5.41) is 27.2. The van der Waals surface area contributed by atoms with E-state index in [1.807, 2.05) is 87.5 Å². The summed E-state index contributed by atoms with van der Waals surface area (Å²) in [4.78, 5) is 58.6. The zero-order valence-corrected chi connectivity index (χ0v) is 44.4. The normalized spacial score (nSPS) is 14.9. The summed E-state index contributed by atoms with van der Waals surface area (Å²) < 4.78 is 16.0. The number of benzene rings is 4. The van der Waals surface area contributed by atoms with Crippen LogP contribution in [-0.4, -0.2) is 84.0 Å². The van der Waals surface area contributed by atoms with E-state index in [0.29, 0.717) is 82.0 Å². The molecule has 0 saturated carbocycles. The molecule has 73 heavy (non-hydrogen) atoms. The van der Waals surface area contributed by atoms with Gasteiger partial charge in [0.15, 0.2) is 5.56 Å². The average molecular weight is 1040 g/mol. The number of halogens is 2. The molecule has 4 aromatic carbocycles. The van der Waals surface area contributed by atoms with E-state index in [0.717, 1.165) is 66.9 Å². The molecule has 0 bridgehead atoms. The van der Waals surface area contributed by atoms with E-state index >= 15 is 0 Å². The fraction of sp³-hybridized carbons (Fsp3) is 0.379. The number of aromatic hydroxyl groups is 2. The van der Waals surface area contributed by atoms with Gasteiger partial charge in [0.25, 0.3) is 17.0 Å². The van der Waals surface area contributed by atoms with Crippen molar-refractivity contribution in [2.45, 2.75) is 97.8 Å². The number of pyridine rings is 2. The number of nitrogens with zero attached hydrogens (tertiary/aromatic N) is 1. The van der Waals surface area contributed by atoms with Crippen molar-refractivity contribution in [2.75, 3.05) is 47.0 Å². The number of ether oxygens (including phenoxy) is 3. The van der Waals surface area contributed by atoms with Gasteiger partial charge < -0.3 is 44.6 Å². The van der Waals surface area contributed by atoms with Gasteiger partial charge in [0, 0.05) is 69.2 Å². The smallest absolute Gasteiger partial charge is 0.347 e. The standard InChI is InChI=1S/C28H31ClN2O4.C20H25NO5.C10H12ClN/c1-4-5-12-21-24(23-17(2)9-8-13-22(23)35-3)26(32)25(27(33)30-21)28(34)31-15-14-18(16-31)19-10-6-7-11-20(19)29;1-5-7-10-13-16(15-12(3)9-8-11-14(15)25-4)18(22)17(19(23)21-13)20(24)26-6-2;11-10-4-2-1-3-9(10)8-5-6-12-7-8/h6-11,13,18H,4-5,12,14-16H2,1-3H3,(H2,30,32,33);8-9,11H,5-7,10H2,1-4H3,(H2,21,22,23);1-4,8,12H,5-7H2. The van der Waals surface area contributed by atoms with Crippen LogP contribution in [0.15, 0.2) is 94.5 Å². The Labute approximate surface area is 437 Å². The Balaban J connectivity index is 0.000000199. The van der Waals surface area contributed by atoms with E-state index in [1.165, 1.54) is 12.0 Å². The Morgan fingerprint density at radius 2 is 1.15 bits per heavy atom. The monoisotopic (exact) mass is 1030 g/mol. The first-order valence-electron chi connectivity index (χ1n) is 25.1. The van der Waals surface area contributed by atoms with Gasteiger partial charge in [0.1, 0.15) is 28.6 Å². The Bertz CT molecular complexity index is 3000. The fourth-order valence-electron chi connectivity index (χ4n) is 9.64. The average Bonchev–Trinajstić information content (AvgIpc) is 4.11. The Hall–Kier alpha value is -6.54. The molecule has 8 rings (SSSR count). The molecule has 0 aliphatic carbocycles. The Morgan fingerprint density at radius 1 is 0.658 bits per heavy atom. The number of amides is 1. The van der Waals surface area contributed by atoms with Gasteiger partial charge in [-0.2, -0.15) is 0 Å². The first kappa shape index (κ1) is 55.8. The fourth-order valence-corrected chi connectivity index (χ4v) is 10.2. The molecule has 2 atom stereocenters. The molecule has 4 heterocycles. The van der Waals surface area contributed by atoms with E-state index < -0.39 is 23.0 Å². The highest BCUT2D eigenvalue weighted by Crippen LogP contribution is 2.43. The highest BCUT2D eigenvalue weighted by atomic mass is 35.5. The quantitative estimate of drug-likeness (QED) is 0.0621. The number of aromatic nitrogens is 2.